The molecule has 5 aromatic rings. The molecular formula is C32H25FN2O5. The fraction of sp³-hybridized carbons (Fsp3) is 0.156. The molecule has 1 saturated carbocycles. The normalized spacial score (nSPS) is 14.3. The van der Waals surface area contributed by atoms with Crippen LogP contribution >= 0.6 is 0 Å². The number of benzene rings is 3. The molecule has 1 aliphatic carbocycles. The lowest BCUT2D eigenvalue weighted by Crippen LogP contribution is -2.16. The number of hydrogen-bond donors (Lipinski definition) is 1. The molecule has 0 spiro atoms. The highest BCUT2D eigenvalue weighted by molar-refractivity contribution is 6.04. The first kappa shape index (κ1) is 25.3. The average Bonchev–Trinajstić information content (AvgIpc) is 3.69. The van der Waals surface area contributed by atoms with Gasteiger partial charge in [0.2, 0.25) is 5.71 Å². The molecule has 0 unspecified atom stereocenters. The van der Waals surface area contributed by atoms with Crippen molar-refractivity contribution >= 4 is 29.4 Å². The van der Waals surface area contributed by atoms with E-state index in [1.807, 2.05) is 78.9 Å². The second-order valence-corrected chi connectivity index (χ2v) is 9.76. The number of pyridine rings is 1. The molecule has 6 rings (SSSR count). The highest BCUT2D eigenvalue weighted by Gasteiger charge is 2.46. The first-order valence-corrected chi connectivity index (χ1v) is 12.9. The first-order valence-electron chi connectivity index (χ1n) is 12.9. The quantitative estimate of drug-likeness (QED) is 0.204. The van der Waals surface area contributed by atoms with Gasteiger partial charge in [0.05, 0.1) is 11.6 Å². The molecule has 7 nitrogen and oxygen atoms in total. The van der Waals surface area contributed by atoms with E-state index in [2.05, 4.69) is 10.3 Å². The van der Waals surface area contributed by atoms with Gasteiger partial charge in [-0.15, -0.1) is 0 Å². The summed E-state index contributed by atoms with van der Waals surface area (Å²) in [5, 5.41) is 3.07. The van der Waals surface area contributed by atoms with Crippen LogP contribution in [0.3, 0.4) is 0 Å². The Morgan fingerprint density at radius 1 is 1.00 bits per heavy atom. The Kier molecular flexibility index (Phi) is 6.51. The van der Waals surface area contributed by atoms with Gasteiger partial charge in [0, 0.05) is 5.56 Å². The predicted molar refractivity (Wildman–Crippen MR) is 148 cm³/mol. The number of furan rings is 1. The van der Waals surface area contributed by atoms with Crippen molar-refractivity contribution in [2.45, 2.75) is 31.5 Å². The van der Waals surface area contributed by atoms with Crippen molar-refractivity contribution in [2.75, 3.05) is 5.32 Å². The monoisotopic (exact) mass is 536 g/mol. The van der Waals surface area contributed by atoms with Crippen molar-refractivity contribution in [3.8, 4) is 22.5 Å². The third-order valence-corrected chi connectivity index (χ3v) is 7.16. The minimum Gasteiger partial charge on any atom is -0.456 e. The van der Waals surface area contributed by atoms with E-state index < -0.39 is 23.6 Å². The van der Waals surface area contributed by atoms with Gasteiger partial charge in [0.1, 0.15) is 23.2 Å². The van der Waals surface area contributed by atoms with Gasteiger partial charge in [0.15, 0.2) is 5.76 Å². The Morgan fingerprint density at radius 2 is 1.65 bits per heavy atom. The van der Waals surface area contributed by atoms with Crippen molar-refractivity contribution < 1.29 is 27.9 Å². The molecule has 1 aliphatic rings. The number of amides is 1. The first-order chi connectivity index (χ1) is 19.5. The van der Waals surface area contributed by atoms with Crippen molar-refractivity contribution in [3.63, 3.8) is 0 Å². The molecule has 0 radical (unpaired) electrons. The van der Waals surface area contributed by atoms with Crippen LogP contribution in [0, 0.1) is 5.82 Å². The number of nitrogens with one attached hydrogen (secondary N) is 1. The summed E-state index contributed by atoms with van der Waals surface area (Å²) in [7, 11) is 0. The van der Waals surface area contributed by atoms with Gasteiger partial charge in [-0.05, 0) is 48.1 Å². The lowest BCUT2D eigenvalue weighted by molar-refractivity contribution is -0.136. The number of nitrogens with zero attached hydrogens (tertiary/aromatic N) is 1. The smallest absolute Gasteiger partial charge is 0.412 e. The molecule has 1 atom stereocenters. The maximum atomic E-state index is 14.1. The Balaban J connectivity index is 1.27. The number of rotatable bonds is 8. The summed E-state index contributed by atoms with van der Waals surface area (Å²) in [5.74, 6) is -0.222. The summed E-state index contributed by atoms with van der Waals surface area (Å²) >= 11 is 0. The van der Waals surface area contributed by atoms with Gasteiger partial charge >= 0.3 is 6.09 Å². The minimum absolute atomic E-state index is 0.189. The van der Waals surface area contributed by atoms with Crippen molar-refractivity contribution in [2.24, 2.45) is 0 Å². The molecule has 2 aromatic heterocycles. The van der Waals surface area contributed by atoms with Gasteiger partial charge in [-0.3, -0.25) is 10.1 Å². The van der Waals surface area contributed by atoms with Crippen molar-refractivity contribution in [1.29, 1.82) is 0 Å². The summed E-state index contributed by atoms with van der Waals surface area (Å²) in [6.07, 6.45) is 1.51. The van der Waals surface area contributed by atoms with Gasteiger partial charge in [0.25, 0.3) is 6.47 Å². The van der Waals surface area contributed by atoms with E-state index in [1.54, 1.807) is 6.92 Å². The zero-order chi connectivity index (χ0) is 27.7. The largest absolute Gasteiger partial charge is 0.456 e. The second kappa shape index (κ2) is 10.3. The second-order valence-electron chi connectivity index (χ2n) is 9.76. The number of aromatic nitrogens is 1. The Hall–Kier alpha value is -4.98. The zero-order valence-corrected chi connectivity index (χ0v) is 21.6. The number of carbonyl (C=O) groups excluding carboxylic acids is 2. The Morgan fingerprint density at radius 3 is 2.30 bits per heavy atom. The van der Waals surface area contributed by atoms with Crippen LogP contribution in [0.1, 0.15) is 37.0 Å². The van der Waals surface area contributed by atoms with E-state index in [9.17, 15) is 14.0 Å². The molecule has 1 fully saturated rings. The van der Waals surface area contributed by atoms with Gasteiger partial charge in [-0.1, -0.05) is 78.9 Å². The Labute approximate surface area is 229 Å². The molecule has 3 aromatic carbocycles. The lowest BCUT2D eigenvalue weighted by atomic mass is 9.99. The predicted octanol–water partition coefficient (Wildman–Crippen LogP) is 7.77. The summed E-state index contributed by atoms with van der Waals surface area (Å²) in [4.78, 5) is 27.8. The number of ether oxygens (including phenoxy) is 2. The van der Waals surface area contributed by atoms with E-state index >= 15 is 0 Å². The molecule has 200 valence electrons. The molecule has 40 heavy (non-hydrogen) atoms. The van der Waals surface area contributed by atoms with Crippen molar-refractivity contribution in [3.05, 3.63) is 108 Å². The number of anilines is 1. The Bertz CT molecular complexity index is 1680. The van der Waals surface area contributed by atoms with E-state index in [0.29, 0.717) is 23.2 Å². The van der Waals surface area contributed by atoms with Crippen LogP contribution in [-0.2, 0) is 19.9 Å². The van der Waals surface area contributed by atoms with E-state index in [1.165, 1.54) is 6.07 Å². The molecule has 0 aliphatic heterocycles. The molecule has 0 bridgehead atoms. The lowest BCUT2D eigenvalue weighted by Gasteiger charge is -2.14. The molecule has 2 heterocycles. The summed E-state index contributed by atoms with van der Waals surface area (Å²) < 4.78 is 31.0. The topological polar surface area (TPSA) is 90.7 Å². The van der Waals surface area contributed by atoms with E-state index in [0.717, 1.165) is 41.3 Å². The highest BCUT2D eigenvalue weighted by Crippen LogP contribution is 2.49. The van der Waals surface area contributed by atoms with Crippen LogP contribution < -0.4 is 5.32 Å². The molecule has 8 heteroatoms. The molecular weight excluding hydrogens is 511 g/mol. The van der Waals surface area contributed by atoms with Gasteiger partial charge < -0.3 is 13.9 Å². The SMILES string of the molecule is C[C@@H](OC(=O)Nc1c(-c2ccc(-c3ccc(C4(OC=O)CC4)cc3)cc2)oc2ncc(F)cc12)c1ccccc1. The average molecular weight is 537 g/mol. The van der Waals surface area contributed by atoms with Crippen LogP contribution in [0.2, 0.25) is 0 Å². The fourth-order valence-electron chi connectivity index (χ4n) is 4.83. The molecule has 0 saturated heterocycles. The third kappa shape index (κ3) is 4.91. The summed E-state index contributed by atoms with van der Waals surface area (Å²) in [5.41, 5.74) is 4.41. The fourth-order valence-corrected chi connectivity index (χ4v) is 4.83. The number of carbonyl (C=O) groups is 2. The van der Waals surface area contributed by atoms with Gasteiger partial charge in [-0.2, -0.15) is 0 Å². The van der Waals surface area contributed by atoms with Crippen LogP contribution in [0.4, 0.5) is 14.9 Å². The summed E-state index contributed by atoms with van der Waals surface area (Å²) in [6, 6.07) is 26.1. The minimum atomic E-state index is -0.701. The maximum absolute atomic E-state index is 14.1. The highest BCUT2D eigenvalue weighted by atomic mass is 19.1. The molecule has 1 amide bonds. The van der Waals surface area contributed by atoms with Crippen LogP contribution in [0.15, 0.2) is 95.5 Å². The van der Waals surface area contributed by atoms with Crippen LogP contribution in [0.5, 0.6) is 0 Å². The van der Waals surface area contributed by atoms with Gasteiger partial charge in [-0.25, -0.2) is 14.2 Å². The third-order valence-electron chi connectivity index (χ3n) is 7.16. The standard InChI is InChI=1S/C32H25FN2O5/c1-20(21-5-3-2-4-6-21)39-31(37)35-28-27-17-26(33)18-34-30(27)40-29(28)24-9-7-22(8-10-24)23-11-13-25(14-12-23)32(15-16-32)38-19-36/h2-14,17-20H,15-16H2,1H3,(H,35,37)/t20-/m1/s1. The van der Waals surface area contributed by atoms with Crippen LogP contribution in [-0.4, -0.2) is 17.5 Å². The number of fused-ring (bicyclic) bond motifs is 1. The van der Waals surface area contributed by atoms with E-state index in [-0.39, 0.29) is 11.4 Å². The maximum Gasteiger partial charge on any atom is 0.412 e. The van der Waals surface area contributed by atoms with Crippen molar-refractivity contribution in [1.82, 2.24) is 4.98 Å². The van der Waals surface area contributed by atoms with Crippen LogP contribution in [0.25, 0.3) is 33.6 Å². The molecule has 1 N–H and O–H groups in total. The summed E-state index contributed by atoms with van der Waals surface area (Å²) in [6.45, 7) is 2.28. The van der Waals surface area contributed by atoms with E-state index in [4.69, 9.17) is 13.9 Å². The number of halogens is 1. The number of hydrogen-bond acceptors (Lipinski definition) is 6. The zero-order valence-electron chi connectivity index (χ0n) is 21.6.